The summed E-state index contributed by atoms with van der Waals surface area (Å²) in [5.74, 6) is -0.475. The first-order valence-corrected chi connectivity index (χ1v) is 7.17. The molecule has 0 aliphatic carbocycles. The molecular weight excluding hydrogens is 286 g/mol. The van der Waals surface area contributed by atoms with Crippen LogP contribution in [-0.4, -0.2) is 18.2 Å². The van der Waals surface area contributed by atoms with Gasteiger partial charge >= 0.3 is 5.97 Å². The molecule has 5 heteroatoms. The summed E-state index contributed by atoms with van der Waals surface area (Å²) >= 11 is 1.54. The molecule has 2 aromatic carbocycles. The van der Waals surface area contributed by atoms with E-state index in [1.807, 2.05) is 36.4 Å². The number of carboxylic acid groups (broad SMARTS) is 1. The van der Waals surface area contributed by atoms with E-state index in [0.29, 0.717) is 11.3 Å². The Bertz CT molecular complexity index is 693. The molecule has 2 aromatic rings. The number of carbonyl (C=O) groups is 1. The minimum absolute atomic E-state index is 0.0555. The molecule has 1 N–H and O–H groups in total. The van der Waals surface area contributed by atoms with E-state index in [1.54, 1.807) is 12.1 Å². The van der Waals surface area contributed by atoms with E-state index in [-0.39, 0.29) is 16.9 Å². The summed E-state index contributed by atoms with van der Waals surface area (Å²) < 4.78 is 5.11. The third-order valence-electron chi connectivity index (χ3n) is 2.92. The largest absolute Gasteiger partial charge is 0.494 e. The molecule has 0 fully saturated rings. The third-order valence-corrected chi connectivity index (χ3v) is 3.98. The zero-order valence-corrected chi connectivity index (χ0v) is 12.2. The lowest BCUT2D eigenvalue weighted by Gasteiger charge is -2.12. The van der Waals surface area contributed by atoms with E-state index in [2.05, 4.69) is 0 Å². The molecule has 106 valence electrons. The van der Waals surface area contributed by atoms with Crippen LogP contribution in [0.5, 0.6) is 5.75 Å². The number of thioether (sulfide) groups is 1. The first kappa shape index (κ1) is 14.9. The minimum Gasteiger partial charge on any atom is -0.494 e. The summed E-state index contributed by atoms with van der Waals surface area (Å²) in [5, 5.41) is 18.4. The molecule has 2 rings (SSSR count). The summed E-state index contributed by atoms with van der Waals surface area (Å²) in [6, 6.07) is 14.9. The van der Waals surface area contributed by atoms with Crippen molar-refractivity contribution < 1.29 is 14.6 Å². The van der Waals surface area contributed by atoms with Gasteiger partial charge in [0.15, 0.2) is 5.75 Å². The highest BCUT2D eigenvalue weighted by Crippen LogP contribution is 2.31. The molecule has 0 heterocycles. The molecule has 0 amide bonds. The smallest absolute Gasteiger partial charge is 0.339 e. The van der Waals surface area contributed by atoms with Gasteiger partial charge in [0.05, 0.1) is 12.7 Å². The molecule has 4 nitrogen and oxygen atoms in total. The second-order valence-corrected chi connectivity index (χ2v) is 5.25. The van der Waals surface area contributed by atoms with Crippen molar-refractivity contribution in [2.24, 2.45) is 0 Å². The fraction of sp³-hybridized carbons (Fsp3) is 0.125. The van der Waals surface area contributed by atoms with Crippen molar-refractivity contribution in [3.63, 3.8) is 0 Å². The van der Waals surface area contributed by atoms with Crippen molar-refractivity contribution in [3.8, 4) is 11.8 Å². The van der Waals surface area contributed by atoms with Gasteiger partial charge in [-0.25, -0.2) is 4.79 Å². The van der Waals surface area contributed by atoms with Crippen LogP contribution in [0, 0.1) is 11.3 Å². The fourth-order valence-electron chi connectivity index (χ4n) is 1.96. The summed E-state index contributed by atoms with van der Waals surface area (Å²) in [7, 11) is 1.37. The Kier molecular flexibility index (Phi) is 4.85. The summed E-state index contributed by atoms with van der Waals surface area (Å²) in [6.45, 7) is 0. The van der Waals surface area contributed by atoms with Gasteiger partial charge < -0.3 is 9.84 Å². The van der Waals surface area contributed by atoms with E-state index in [0.717, 1.165) is 4.90 Å². The number of benzene rings is 2. The van der Waals surface area contributed by atoms with Gasteiger partial charge in [0, 0.05) is 10.6 Å². The van der Waals surface area contributed by atoms with E-state index < -0.39 is 5.97 Å². The van der Waals surface area contributed by atoms with Crippen LogP contribution in [0.2, 0.25) is 0 Å². The summed E-state index contributed by atoms with van der Waals surface area (Å²) in [5.41, 5.74) is 0.913. The SMILES string of the molecule is COc1c(C#N)ccc(CSc2ccccc2)c1C(=O)O. The van der Waals surface area contributed by atoms with Crippen LogP contribution in [0.4, 0.5) is 0 Å². The molecule has 0 aliphatic rings. The van der Waals surface area contributed by atoms with Gasteiger partial charge in [0.25, 0.3) is 0 Å². The number of rotatable bonds is 5. The first-order chi connectivity index (χ1) is 10.2. The Labute approximate surface area is 127 Å². The standard InChI is InChI=1S/C16H13NO3S/c1-20-15-11(9-17)7-8-12(14(15)16(18)19)10-21-13-5-3-2-4-6-13/h2-8H,10H2,1H3,(H,18,19). The predicted molar refractivity (Wildman–Crippen MR) is 80.7 cm³/mol. The topological polar surface area (TPSA) is 70.3 Å². The molecule has 0 saturated carbocycles. The minimum atomic E-state index is -1.09. The van der Waals surface area contributed by atoms with Crippen LogP contribution >= 0.6 is 11.8 Å². The number of carboxylic acids is 1. The monoisotopic (exact) mass is 299 g/mol. The van der Waals surface area contributed by atoms with Crippen LogP contribution in [0.15, 0.2) is 47.4 Å². The lowest BCUT2D eigenvalue weighted by Crippen LogP contribution is -2.06. The Morgan fingerprint density at radius 3 is 2.57 bits per heavy atom. The highest BCUT2D eigenvalue weighted by atomic mass is 32.2. The Morgan fingerprint density at radius 2 is 2.00 bits per heavy atom. The number of ether oxygens (including phenoxy) is 1. The third kappa shape index (κ3) is 3.36. The maximum Gasteiger partial charge on any atom is 0.339 e. The molecule has 21 heavy (non-hydrogen) atoms. The Balaban J connectivity index is 2.35. The molecular formula is C16H13NO3S. The number of hydrogen-bond donors (Lipinski definition) is 1. The van der Waals surface area contributed by atoms with Crippen LogP contribution in [0.3, 0.4) is 0 Å². The van der Waals surface area contributed by atoms with Crippen molar-refractivity contribution in [2.45, 2.75) is 10.6 Å². The highest BCUT2D eigenvalue weighted by molar-refractivity contribution is 7.98. The van der Waals surface area contributed by atoms with Crippen molar-refractivity contribution in [1.82, 2.24) is 0 Å². The molecule has 0 saturated heterocycles. The Morgan fingerprint density at radius 1 is 1.29 bits per heavy atom. The van der Waals surface area contributed by atoms with Gasteiger partial charge in [-0.15, -0.1) is 11.8 Å². The number of methoxy groups -OCH3 is 1. The predicted octanol–water partition coefficient (Wildman–Crippen LogP) is 3.56. The van der Waals surface area contributed by atoms with Crippen LogP contribution in [-0.2, 0) is 5.75 Å². The molecule has 0 aliphatic heterocycles. The molecule has 0 aromatic heterocycles. The molecule has 0 spiro atoms. The fourth-order valence-corrected chi connectivity index (χ4v) is 2.87. The van der Waals surface area contributed by atoms with Crippen LogP contribution in [0.1, 0.15) is 21.5 Å². The maximum absolute atomic E-state index is 11.5. The van der Waals surface area contributed by atoms with E-state index in [4.69, 9.17) is 10.00 Å². The quantitative estimate of drug-likeness (QED) is 0.855. The van der Waals surface area contributed by atoms with E-state index in [1.165, 1.54) is 18.9 Å². The van der Waals surface area contributed by atoms with E-state index >= 15 is 0 Å². The first-order valence-electron chi connectivity index (χ1n) is 6.18. The van der Waals surface area contributed by atoms with Gasteiger partial charge in [0.2, 0.25) is 0 Å². The second-order valence-electron chi connectivity index (χ2n) is 4.20. The van der Waals surface area contributed by atoms with Crippen molar-refractivity contribution >= 4 is 17.7 Å². The van der Waals surface area contributed by atoms with Crippen molar-refractivity contribution in [2.75, 3.05) is 7.11 Å². The van der Waals surface area contributed by atoms with Crippen LogP contribution < -0.4 is 4.74 Å². The maximum atomic E-state index is 11.5. The number of nitrogens with zero attached hydrogens (tertiary/aromatic N) is 1. The van der Waals surface area contributed by atoms with Crippen LogP contribution in [0.25, 0.3) is 0 Å². The zero-order chi connectivity index (χ0) is 15.2. The molecule has 0 radical (unpaired) electrons. The zero-order valence-electron chi connectivity index (χ0n) is 11.4. The lowest BCUT2D eigenvalue weighted by atomic mass is 10.0. The summed E-state index contributed by atoms with van der Waals surface area (Å²) in [4.78, 5) is 12.5. The second kappa shape index (κ2) is 6.82. The number of nitriles is 1. The van der Waals surface area contributed by atoms with Crippen molar-refractivity contribution in [1.29, 1.82) is 5.26 Å². The van der Waals surface area contributed by atoms with Gasteiger partial charge in [-0.3, -0.25) is 0 Å². The average Bonchev–Trinajstić information content (AvgIpc) is 2.52. The molecule has 0 unspecified atom stereocenters. The molecule has 0 bridgehead atoms. The normalized spacial score (nSPS) is 9.90. The summed E-state index contributed by atoms with van der Waals surface area (Å²) in [6.07, 6.45) is 0. The number of aromatic carboxylic acids is 1. The average molecular weight is 299 g/mol. The van der Waals surface area contributed by atoms with Gasteiger partial charge in [0.1, 0.15) is 11.6 Å². The van der Waals surface area contributed by atoms with Crippen molar-refractivity contribution in [3.05, 3.63) is 59.2 Å². The van der Waals surface area contributed by atoms with E-state index in [9.17, 15) is 9.90 Å². The number of hydrogen-bond acceptors (Lipinski definition) is 4. The Hall–Kier alpha value is -2.45. The molecule has 0 atom stereocenters. The van der Waals surface area contributed by atoms with Gasteiger partial charge in [-0.1, -0.05) is 24.3 Å². The highest BCUT2D eigenvalue weighted by Gasteiger charge is 2.20. The van der Waals surface area contributed by atoms with Gasteiger partial charge in [-0.05, 0) is 23.8 Å². The van der Waals surface area contributed by atoms with Gasteiger partial charge in [-0.2, -0.15) is 5.26 Å². The lowest BCUT2D eigenvalue weighted by molar-refractivity contribution is 0.0692.